The summed E-state index contributed by atoms with van der Waals surface area (Å²) in [5.74, 6) is -0.845. The summed E-state index contributed by atoms with van der Waals surface area (Å²) in [5, 5.41) is 10.2. The predicted molar refractivity (Wildman–Crippen MR) is 59.7 cm³/mol. The third kappa shape index (κ3) is 2.31. The first kappa shape index (κ1) is 12.0. The van der Waals surface area contributed by atoms with Crippen LogP contribution in [0.2, 0.25) is 0 Å². The zero-order valence-corrected chi connectivity index (χ0v) is 9.65. The summed E-state index contributed by atoms with van der Waals surface area (Å²) in [7, 11) is 0. The van der Waals surface area contributed by atoms with Crippen LogP contribution in [0.4, 0.5) is 4.39 Å². The standard InChI is InChI=1S/C13H15FO3/c1-2-17-12(15)9-7-13(16,8-9)10-3-5-11(14)6-4-10/h3-6,9,16H,2,7-8H2,1H3. The van der Waals surface area contributed by atoms with Gasteiger partial charge in [-0.1, -0.05) is 12.1 Å². The molecule has 0 heterocycles. The number of hydrogen-bond acceptors (Lipinski definition) is 3. The summed E-state index contributed by atoms with van der Waals surface area (Å²) in [5.41, 5.74) is -0.357. The van der Waals surface area contributed by atoms with Crippen LogP contribution in [-0.4, -0.2) is 17.7 Å². The fraction of sp³-hybridized carbons (Fsp3) is 0.462. The maximum Gasteiger partial charge on any atom is 0.309 e. The van der Waals surface area contributed by atoms with E-state index >= 15 is 0 Å². The lowest BCUT2D eigenvalue weighted by atomic mass is 9.67. The average Bonchev–Trinajstić information content (AvgIpc) is 2.26. The van der Waals surface area contributed by atoms with Crippen molar-refractivity contribution in [2.45, 2.75) is 25.4 Å². The molecule has 0 bridgehead atoms. The molecule has 1 aromatic carbocycles. The van der Waals surface area contributed by atoms with Crippen molar-refractivity contribution in [3.8, 4) is 0 Å². The molecule has 17 heavy (non-hydrogen) atoms. The Kier molecular flexibility index (Phi) is 3.15. The van der Waals surface area contributed by atoms with Crippen molar-refractivity contribution in [3.05, 3.63) is 35.6 Å². The van der Waals surface area contributed by atoms with Crippen molar-refractivity contribution < 1.29 is 19.0 Å². The van der Waals surface area contributed by atoms with Crippen molar-refractivity contribution >= 4 is 5.97 Å². The fourth-order valence-electron chi connectivity index (χ4n) is 2.18. The van der Waals surface area contributed by atoms with E-state index in [2.05, 4.69) is 0 Å². The van der Waals surface area contributed by atoms with Crippen LogP contribution < -0.4 is 0 Å². The van der Waals surface area contributed by atoms with Crippen LogP contribution in [0.15, 0.2) is 24.3 Å². The second-order valence-electron chi connectivity index (χ2n) is 4.40. The summed E-state index contributed by atoms with van der Waals surface area (Å²) in [4.78, 5) is 11.4. The largest absolute Gasteiger partial charge is 0.466 e. The highest BCUT2D eigenvalue weighted by molar-refractivity contribution is 5.74. The topological polar surface area (TPSA) is 46.5 Å². The third-order valence-electron chi connectivity index (χ3n) is 3.17. The molecule has 4 heteroatoms. The molecule has 1 aliphatic rings. The summed E-state index contributed by atoms with van der Waals surface area (Å²) >= 11 is 0. The fourth-order valence-corrected chi connectivity index (χ4v) is 2.18. The number of carbonyl (C=O) groups is 1. The van der Waals surface area contributed by atoms with E-state index in [0.717, 1.165) is 0 Å². The van der Waals surface area contributed by atoms with Gasteiger partial charge in [0.25, 0.3) is 0 Å². The normalized spacial score (nSPS) is 27.4. The lowest BCUT2D eigenvalue weighted by Gasteiger charge is -2.42. The maximum atomic E-state index is 12.7. The summed E-state index contributed by atoms with van der Waals surface area (Å²) in [6.07, 6.45) is 0.689. The van der Waals surface area contributed by atoms with Crippen LogP contribution in [0, 0.1) is 11.7 Å². The van der Waals surface area contributed by atoms with Gasteiger partial charge in [-0.3, -0.25) is 4.79 Å². The number of carbonyl (C=O) groups excluding carboxylic acids is 1. The number of benzene rings is 1. The third-order valence-corrected chi connectivity index (χ3v) is 3.17. The van der Waals surface area contributed by atoms with Crippen LogP contribution >= 0.6 is 0 Å². The highest BCUT2D eigenvalue weighted by Gasteiger charge is 2.47. The number of ether oxygens (including phenoxy) is 1. The molecule has 3 nitrogen and oxygen atoms in total. The van der Waals surface area contributed by atoms with E-state index in [4.69, 9.17) is 4.74 Å². The average molecular weight is 238 g/mol. The molecular formula is C13H15FO3. The maximum absolute atomic E-state index is 12.7. The summed E-state index contributed by atoms with van der Waals surface area (Å²) in [6, 6.07) is 5.73. The molecule has 1 fully saturated rings. The van der Waals surface area contributed by atoms with Crippen molar-refractivity contribution in [2.75, 3.05) is 6.61 Å². The van der Waals surface area contributed by atoms with Gasteiger partial charge in [0.05, 0.1) is 18.1 Å². The van der Waals surface area contributed by atoms with Gasteiger partial charge in [-0.05, 0) is 37.5 Å². The molecule has 2 rings (SSSR count). The Labute approximate surface area is 99.2 Å². The van der Waals surface area contributed by atoms with E-state index in [1.165, 1.54) is 12.1 Å². The van der Waals surface area contributed by atoms with E-state index in [9.17, 15) is 14.3 Å². The quantitative estimate of drug-likeness (QED) is 0.819. The minimum Gasteiger partial charge on any atom is -0.466 e. The highest BCUT2D eigenvalue weighted by atomic mass is 19.1. The Balaban J connectivity index is 2.01. The van der Waals surface area contributed by atoms with Gasteiger partial charge in [0.15, 0.2) is 0 Å². The van der Waals surface area contributed by atoms with Gasteiger partial charge < -0.3 is 9.84 Å². The van der Waals surface area contributed by atoms with E-state index < -0.39 is 5.60 Å². The van der Waals surface area contributed by atoms with Crippen LogP contribution in [-0.2, 0) is 15.1 Å². The molecule has 0 saturated heterocycles. The Morgan fingerprint density at radius 1 is 1.47 bits per heavy atom. The van der Waals surface area contributed by atoms with Gasteiger partial charge in [-0.15, -0.1) is 0 Å². The first-order valence-electron chi connectivity index (χ1n) is 5.70. The van der Waals surface area contributed by atoms with E-state index in [1.807, 2.05) is 0 Å². The molecule has 0 aliphatic heterocycles. The zero-order valence-electron chi connectivity index (χ0n) is 9.65. The van der Waals surface area contributed by atoms with Crippen molar-refractivity contribution in [3.63, 3.8) is 0 Å². The van der Waals surface area contributed by atoms with Gasteiger partial charge in [0.2, 0.25) is 0 Å². The highest BCUT2D eigenvalue weighted by Crippen LogP contribution is 2.46. The van der Waals surface area contributed by atoms with Crippen LogP contribution in [0.5, 0.6) is 0 Å². The van der Waals surface area contributed by atoms with Crippen molar-refractivity contribution in [1.82, 2.24) is 0 Å². The van der Waals surface area contributed by atoms with Gasteiger partial charge in [-0.25, -0.2) is 4.39 Å². The lowest BCUT2D eigenvalue weighted by molar-refractivity contribution is -0.165. The van der Waals surface area contributed by atoms with E-state index in [1.54, 1.807) is 19.1 Å². The SMILES string of the molecule is CCOC(=O)C1CC(O)(c2ccc(F)cc2)C1. The molecule has 0 amide bonds. The minimum atomic E-state index is -1.01. The van der Waals surface area contributed by atoms with E-state index in [0.29, 0.717) is 25.0 Å². The smallest absolute Gasteiger partial charge is 0.309 e. The molecule has 1 saturated carbocycles. The first-order valence-corrected chi connectivity index (χ1v) is 5.70. The van der Waals surface area contributed by atoms with Gasteiger partial charge in [0.1, 0.15) is 5.82 Å². The number of hydrogen-bond donors (Lipinski definition) is 1. The molecule has 0 spiro atoms. The van der Waals surface area contributed by atoms with Gasteiger partial charge >= 0.3 is 5.97 Å². The van der Waals surface area contributed by atoms with Crippen LogP contribution in [0.25, 0.3) is 0 Å². The number of aliphatic hydroxyl groups is 1. The Morgan fingerprint density at radius 2 is 2.06 bits per heavy atom. The van der Waals surface area contributed by atoms with Crippen LogP contribution in [0.1, 0.15) is 25.3 Å². The number of halogens is 1. The Morgan fingerprint density at radius 3 is 2.59 bits per heavy atom. The van der Waals surface area contributed by atoms with Crippen molar-refractivity contribution in [2.24, 2.45) is 5.92 Å². The summed E-state index contributed by atoms with van der Waals surface area (Å²) in [6.45, 7) is 2.10. The number of esters is 1. The molecule has 1 aliphatic carbocycles. The predicted octanol–water partition coefficient (Wildman–Crippen LogP) is 1.99. The molecule has 92 valence electrons. The Bertz CT molecular complexity index is 407. The van der Waals surface area contributed by atoms with Gasteiger partial charge in [-0.2, -0.15) is 0 Å². The molecule has 0 unspecified atom stereocenters. The molecule has 0 radical (unpaired) electrons. The first-order chi connectivity index (χ1) is 8.05. The lowest BCUT2D eigenvalue weighted by Crippen LogP contribution is -2.45. The minimum absolute atomic E-state index is 0.245. The monoisotopic (exact) mass is 238 g/mol. The zero-order chi connectivity index (χ0) is 12.5. The molecule has 0 atom stereocenters. The number of rotatable bonds is 3. The molecular weight excluding hydrogens is 223 g/mol. The van der Waals surface area contributed by atoms with Crippen LogP contribution in [0.3, 0.4) is 0 Å². The second kappa shape index (κ2) is 4.45. The van der Waals surface area contributed by atoms with Crippen molar-refractivity contribution in [1.29, 1.82) is 0 Å². The Hall–Kier alpha value is -1.42. The molecule has 1 aromatic rings. The van der Waals surface area contributed by atoms with Gasteiger partial charge in [0, 0.05) is 0 Å². The molecule has 0 aromatic heterocycles. The molecule has 1 N–H and O–H groups in total. The summed E-state index contributed by atoms with van der Waals surface area (Å²) < 4.78 is 17.6. The second-order valence-corrected chi connectivity index (χ2v) is 4.40. The van der Waals surface area contributed by atoms with E-state index in [-0.39, 0.29) is 17.7 Å².